The van der Waals surface area contributed by atoms with Crippen LogP contribution in [-0.2, 0) is 0 Å². The third-order valence-corrected chi connectivity index (χ3v) is 0.979. The molecule has 0 amide bonds. The summed E-state index contributed by atoms with van der Waals surface area (Å²) in [5.41, 5.74) is 0. The number of rotatable bonds is 1. The Balaban J connectivity index is 2.94. The second kappa shape index (κ2) is 2.31. The Morgan fingerprint density at radius 3 is 2.56 bits per heavy atom. The zero-order valence-electron chi connectivity index (χ0n) is 4.11. The quantitative estimate of drug-likeness (QED) is 0.594. The third-order valence-electron chi connectivity index (χ3n) is 0.713. The summed E-state index contributed by atoms with van der Waals surface area (Å²) in [6, 6.07) is 0. The summed E-state index contributed by atoms with van der Waals surface area (Å²) in [4.78, 5) is 3.14. The largest absolute Gasteiger partial charge is 0.321 e. The van der Waals surface area contributed by atoms with E-state index in [0.29, 0.717) is 4.57 Å². The van der Waals surface area contributed by atoms with Crippen LogP contribution in [0.25, 0.3) is 0 Å². The fraction of sp³-hybridized carbons (Fsp3) is 0.250. The second-order valence-corrected chi connectivity index (χ2v) is 1.62. The van der Waals surface area contributed by atoms with Crippen LogP contribution in [0, 0.1) is 12.5 Å². The molecule has 0 aliphatic heterocycles. The number of aromatic nitrogens is 2. The minimum atomic E-state index is -2.68. The Labute approximate surface area is 55.1 Å². The molecule has 0 unspecified atom stereocenters. The lowest BCUT2D eigenvalue weighted by Crippen LogP contribution is -1.95. The van der Waals surface area contributed by atoms with Crippen molar-refractivity contribution in [2.24, 2.45) is 0 Å². The van der Waals surface area contributed by atoms with Crippen molar-refractivity contribution < 1.29 is 8.78 Å². The van der Waals surface area contributed by atoms with Crippen LogP contribution >= 0.6 is 11.6 Å². The highest BCUT2D eigenvalue weighted by Gasteiger charge is 2.08. The van der Waals surface area contributed by atoms with Crippen LogP contribution in [0.15, 0.2) is 0 Å². The van der Waals surface area contributed by atoms with Gasteiger partial charge in [0.05, 0.1) is 0 Å². The topological polar surface area (TPSA) is 17.8 Å². The van der Waals surface area contributed by atoms with E-state index in [4.69, 9.17) is 11.6 Å². The maximum Gasteiger partial charge on any atom is 0.321 e. The van der Waals surface area contributed by atoms with Crippen LogP contribution in [0.2, 0.25) is 5.15 Å². The molecule has 0 spiro atoms. The first-order valence-corrected chi connectivity index (χ1v) is 2.41. The van der Waals surface area contributed by atoms with Crippen LogP contribution in [0.3, 0.4) is 0 Å². The van der Waals surface area contributed by atoms with Crippen molar-refractivity contribution in [2.75, 3.05) is 0 Å². The number of imidazole rings is 1. The van der Waals surface area contributed by atoms with Gasteiger partial charge in [0.1, 0.15) is 11.3 Å². The summed E-state index contributed by atoms with van der Waals surface area (Å²) >= 11 is 5.17. The minimum absolute atomic E-state index is 0.231. The molecule has 2 nitrogen and oxygen atoms in total. The molecular weight excluding hydrogens is 150 g/mol. The fourth-order valence-electron chi connectivity index (χ4n) is 0.352. The van der Waals surface area contributed by atoms with Crippen molar-refractivity contribution in [1.82, 2.24) is 9.55 Å². The number of alkyl halides is 2. The Hall–Kier alpha value is -0.640. The van der Waals surface area contributed by atoms with Crippen LogP contribution in [0.5, 0.6) is 0 Å². The van der Waals surface area contributed by atoms with Crippen LogP contribution in [0.1, 0.15) is 6.55 Å². The molecule has 1 aromatic rings. The highest BCUT2D eigenvalue weighted by atomic mass is 35.5. The van der Waals surface area contributed by atoms with Crippen molar-refractivity contribution >= 4 is 11.6 Å². The summed E-state index contributed by atoms with van der Waals surface area (Å²) in [7, 11) is 0. The second-order valence-electron chi connectivity index (χ2n) is 1.26. The average molecular weight is 151 g/mol. The van der Waals surface area contributed by atoms with Crippen molar-refractivity contribution in [1.29, 1.82) is 0 Å². The highest BCUT2D eigenvalue weighted by molar-refractivity contribution is 6.29. The van der Waals surface area contributed by atoms with Gasteiger partial charge in [-0.25, -0.2) is 4.98 Å². The molecule has 48 valence electrons. The molecule has 0 bridgehead atoms. The van der Waals surface area contributed by atoms with Crippen molar-refractivity contribution in [2.45, 2.75) is 6.55 Å². The lowest BCUT2D eigenvalue weighted by molar-refractivity contribution is 0.0696. The zero-order valence-corrected chi connectivity index (χ0v) is 4.86. The fourth-order valence-corrected chi connectivity index (χ4v) is 0.506. The molecule has 0 atom stereocenters. The number of hydrogen-bond acceptors (Lipinski definition) is 1. The van der Waals surface area contributed by atoms with E-state index in [0.717, 1.165) is 0 Å². The molecule has 0 N–H and O–H groups in total. The first-order valence-electron chi connectivity index (χ1n) is 2.03. The molecule has 0 aliphatic carbocycles. The van der Waals surface area contributed by atoms with E-state index in [1.54, 1.807) is 0 Å². The summed E-state index contributed by atoms with van der Waals surface area (Å²) in [6.45, 7) is -2.68. The SMILES string of the molecule is FC(F)n1[c]n[c]c1Cl. The van der Waals surface area contributed by atoms with Crippen molar-refractivity contribution in [3.8, 4) is 0 Å². The van der Waals surface area contributed by atoms with Crippen molar-refractivity contribution in [3.63, 3.8) is 0 Å². The van der Waals surface area contributed by atoms with Gasteiger partial charge in [0, 0.05) is 0 Å². The zero-order chi connectivity index (χ0) is 6.85. The maximum atomic E-state index is 11.6. The summed E-state index contributed by atoms with van der Waals surface area (Å²) in [5, 5.41) is -0.231. The van der Waals surface area contributed by atoms with Gasteiger partial charge >= 0.3 is 6.55 Å². The molecule has 9 heavy (non-hydrogen) atoms. The summed E-state index contributed by atoms with van der Waals surface area (Å²) in [6.07, 6.45) is 4.03. The molecular formula is C4HClF2N2. The van der Waals surface area contributed by atoms with Gasteiger partial charge in [-0.1, -0.05) is 11.6 Å². The van der Waals surface area contributed by atoms with Gasteiger partial charge in [0.2, 0.25) is 0 Å². The Morgan fingerprint density at radius 2 is 2.33 bits per heavy atom. The summed E-state index contributed by atoms with van der Waals surface area (Å²) < 4.78 is 23.7. The predicted molar refractivity (Wildman–Crippen MR) is 26.2 cm³/mol. The van der Waals surface area contributed by atoms with Gasteiger partial charge in [-0.15, -0.1) is 0 Å². The van der Waals surface area contributed by atoms with Crippen molar-refractivity contribution in [3.05, 3.63) is 17.7 Å². The maximum absolute atomic E-state index is 11.6. The van der Waals surface area contributed by atoms with Gasteiger partial charge in [0.25, 0.3) is 0 Å². The molecule has 1 rings (SSSR count). The number of nitrogens with zero attached hydrogens (tertiary/aromatic N) is 2. The van der Waals surface area contributed by atoms with Crippen LogP contribution in [-0.4, -0.2) is 9.55 Å². The Morgan fingerprint density at radius 1 is 1.67 bits per heavy atom. The molecule has 0 fully saturated rings. The van der Waals surface area contributed by atoms with E-state index in [9.17, 15) is 8.78 Å². The predicted octanol–water partition coefficient (Wildman–Crippen LogP) is 1.53. The third kappa shape index (κ3) is 1.18. The Bertz CT molecular complexity index is 198. The minimum Gasteiger partial charge on any atom is -0.253 e. The average Bonchev–Trinajstić information content (AvgIpc) is 2.13. The Kier molecular flexibility index (Phi) is 1.66. The van der Waals surface area contributed by atoms with E-state index in [1.165, 1.54) is 0 Å². The molecule has 2 radical (unpaired) electrons. The van der Waals surface area contributed by atoms with Crippen LogP contribution < -0.4 is 0 Å². The number of halogens is 3. The molecule has 1 aromatic heterocycles. The molecule has 5 heteroatoms. The van der Waals surface area contributed by atoms with Crippen LogP contribution in [0.4, 0.5) is 8.78 Å². The van der Waals surface area contributed by atoms with E-state index < -0.39 is 6.55 Å². The lowest BCUT2D eigenvalue weighted by atomic mass is 10.9. The number of hydrogen-bond donors (Lipinski definition) is 0. The van der Waals surface area contributed by atoms with Gasteiger partial charge in [0.15, 0.2) is 6.33 Å². The lowest BCUT2D eigenvalue weighted by Gasteiger charge is -1.96. The van der Waals surface area contributed by atoms with E-state index >= 15 is 0 Å². The monoisotopic (exact) mass is 150 g/mol. The highest BCUT2D eigenvalue weighted by Crippen LogP contribution is 2.15. The molecule has 0 saturated heterocycles. The van der Waals surface area contributed by atoms with E-state index in [2.05, 4.69) is 11.2 Å². The van der Waals surface area contributed by atoms with Gasteiger partial charge < -0.3 is 0 Å². The molecule has 1 heterocycles. The molecule has 0 aliphatic rings. The summed E-state index contributed by atoms with van der Waals surface area (Å²) in [5.74, 6) is 0. The van der Waals surface area contributed by atoms with Gasteiger partial charge in [-0.3, -0.25) is 4.57 Å². The van der Waals surface area contributed by atoms with Gasteiger partial charge in [-0.05, 0) is 0 Å². The van der Waals surface area contributed by atoms with E-state index in [1.807, 2.05) is 6.33 Å². The van der Waals surface area contributed by atoms with E-state index in [-0.39, 0.29) is 5.15 Å². The normalized spacial score (nSPS) is 10.7. The molecule has 0 saturated carbocycles. The molecule has 0 aromatic carbocycles. The first-order chi connectivity index (χ1) is 4.22. The first kappa shape index (κ1) is 6.48. The van der Waals surface area contributed by atoms with Gasteiger partial charge in [-0.2, -0.15) is 8.78 Å². The smallest absolute Gasteiger partial charge is 0.253 e. The standard InChI is InChI=1S/C4HClF2N2/c5-3-1-8-2-9(3)4(6)7/h4H.